The van der Waals surface area contributed by atoms with E-state index in [1.54, 1.807) is 25.0 Å². The molecule has 96 valence electrons. The van der Waals surface area contributed by atoms with Crippen molar-refractivity contribution in [2.45, 2.75) is 13.5 Å². The summed E-state index contributed by atoms with van der Waals surface area (Å²) in [5.74, 6) is 1.93. The fourth-order valence-corrected chi connectivity index (χ4v) is 1.79. The molecule has 0 amide bonds. The van der Waals surface area contributed by atoms with E-state index in [4.69, 9.17) is 15.2 Å². The van der Waals surface area contributed by atoms with Gasteiger partial charge in [-0.15, -0.1) is 0 Å². The third-order valence-electron chi connectivity index (χ3n) is 2.71. The van der Waals surface area contributed by atoms with Gasteiger partial charge in [0.25, 0.3) is 0 Å². The van der Waals surface area contributed by atoms with Crippen LogP contribution in [0.1, 0.15) is 6.92 Å². The van der Waals surface area contributed by atoms with Crippen LogP contribution in [-0.4, -0.2) is 29.0 Å². The molecule has 1 aromatic carbocycles. The average molecular weight is 248 g/mol. The SMILES string of the molecule is CCn1ncnc1-c1cc(OC)c(OC)cc1N. The van der Waals surface area contributed by atoms with E-state index in [0.29, 0.717) is 17.2 Å². The predicted molar refractivity (Wildman–Crippen MR) is 68.6 cm³/mol. The largest absolute Gasteiger partial charge is 0.493 e. The van der Waals surface area contributed by atoms with E-state index >= 15 is 0 Å². The third-order valence-corrected chi connectivity index (χ3v) is 2.71. The molecule has 2 N–H and O–H groups in total. The zero-order valence-electron chi connectivity index (χ0n) is 10.7. The minimum absolute atomic E-state index is 0.579. The minimum atomic E-state index is 0.579. The van der Waals surface area contributed by atoms with E-state index in [9.17, 15) is 0 Å². The van der Waals surface area contributed by atoms with Crippen molar-refractivity contribution < 1.29 is 9.47 Å². The van der Waals surface area contributed by atoms with Crippen molar-refractivity contribution in [2.24, 2.45) is 0 Å². The van der Waals surface area contributed by atoms with Crippen LogP contribution in [0.25, 0.3) is 11.4 Å². The van der Waals surface area contributed by atoms with Gasteiger partial charge in [0.1, 0.15) is 6.33 Å². The number of nitrogens with two attached hydrogens (primary N) is 1. The van der Waals surface area contributed by atoms with E-state index in [1.807, 2.05) is 13.0 Å². The Morgan fingerprint density at radius 2 is 1.89 bits per heavy atom. The zero-order valence-corrected chi connectivity index (χ0v) is 10.7. The first-order valence-corrected chi connectivity index (χ1v) is 5.61. The van der Waals surface area contributed by atoms with Crippen LogP contribution in [0.4, 0.5) is 5.69 Å². The van der Waals surface area contributed by atoms with E-state index in [1.165, 1.54) is 6.33 Å². The summed E-state index contributed by atoms with van der Waals surface area (Å²) >= 11 is 0. The highest BCUT2D eigenvalue weighted by molar-refractivity contribution is 5.76. The molecule has 2 aromatic rings. The topological polar surface area (TPSA) is 75.2 Å². The zero-order chi connectivity index (χ0) is 13.1. The Hall–Kier alpha value is -2.24. The van der Waals surface area contributed by atoms with E-state index < -0.39 is 0 Å². The lowest BCUT2D eigenvalue weighted by atomic mass is 10.1. The Balaban J connectivity index is 2.58. The summed E-state index contributed by atoms with van der Waals surface area (Å²) in [6, 6.07) is 3.53. The molecule has 18 heavy (non-hydrogen) atoms. The number of aryl methyl sites for hydroxylation is 1. The van der Waals surface area contributed by atoms with Crippen LogP contribution in [0.15, 0.2) is 18.5 Å². The summed E-state index contributed by atoms with van der Waals surface area (Å²) in [7, 11) is 3.16. The summed E-state index contributed by atoms with van der Waals surface area (Å²) in [6.45, 7) is 2.72. The molecule has 6 heteroatoms. The van der Waals surface area contributed by atoms with Crippen molar-refractivity contribution in [3.05, 3.63) is 18.5 Å². The molecule has 6 nitrogen and oxygen atoms in total. The van der Waals surface area contributed by atoms with Gasteiger partial charge in [-0.2, -0.15) is 5.10 Å². The monoisotopic (exact) mass is 248 g/mol. The molecule has 0 aliphatic rings. The molecule has 2 rings (SSSR count). The Morgan fingerprint density at radius 1 is 1.22 bits per heavy atom. The molecule has 0 bridgehead atoms. The van der Waals surface area contributed by atoms with Crippen molar-refractivity contribution in [1.82, 2.24) is 14.8 Å². The second kappa shape index (κ2) is 4.95. The van der Waals surface area contributed by atoms with Crippen molar-refractivity contribution >= 4 is 5.69 Å². The lowest BCUT2D eigenvalue weighted by Gasteiger charge is -2.12. The van der Waals surface area contributed by atoms with Crippen LogP contribution in [0.5, 0.6) is 11.5 Å². The van der Waals surface area contributed by atoms with Gasteiger partial charge in [0.2, 0.25) is 0 Å². The molecule has 0 saturated heterocycles. The number of hydrogen-bond donors (Lipinski definition) is 1. The van der Waals surface area contributed by atoms with E-state index in [2.05, 4.69) is 10.1 Å². The van der Waals surface area contributed by atoms with Crippen LogP contribution in [0.3, 0.4) is 0 Å². The summed E-state index contributed by atoms with van der Waals surface area (Å²) in [5.41, 5.74) is 7.38. The van der Waals surface area contributed by atoms with Gasteiger partial charge in [0.05, 0.1) is 14.2 Å². The summed E-state index contributed by atoms with van der Waals surface area (Å²) in [6.07, 6.45) is 1.51. The highest BCUT2D eigenvalue weighted by Crippen LogP contribution is 2.36. The van der Waals surface area contributed by atoms with Gasteiger partial charge in [-0.25, -0.2) is 9.67 Å². The minimum Gasteiger partial charge on any atom is -0.493 e. The van der Waals surface area contributed by atoms with Gasteiger partial charge in [-0.3, -0.25) is 0 Å². The molecule has 1 heterocycles. The number of nitrogens with zero attached hydrogens (tertiary/aromatic N) is 3. The Kier molecular flexibility index (Phi) is 3.36. The van der Waals surface area contributed by atoms with Gasteiger partial charge in [-0.1, -0.05) is 0 Å². The lowest BCUT2D eigenvalue weighted by Crippen LogP contribution is -2.03. The van der Waals surface area contributed by atoms with E-state index in [-0.39, 0.29) is 0 Å². The number of methoxy groups -OCH3 is 2. The second-order valence-corrected chi connectivity index (χ2v) is 3.69. The lowest BCUT2D eigenvalue weighted by molar-refractivity contribution is 0.355. The highest BCUT2D eigenvalue weighted by Gasteiger charge is 2.14. The molecular formula is C12H16N4O2. The standard InChI is InChI=1S/C12H16N4O2/c1-4-16-12(14-7-15-16)8-5-10(17-2)11(18-3)6-9(8)13/h5-7H,4,13H2,1-3H3. The first-order valence-electron chi connectivity index (χ1n) is 5.61. The van der Waals surface area contributed by atoms with Crippen LogP contribution in [-0.2, 0) is 6.54 Å². The maximum atomic E-state index is 6.02. The van der Waals surface area contributed by atoms with Crippen molar-refractivity contribution in [2.75, 3.05) is 20.0 Å². The predicted octanol–water partition coefficient (Wildman–Crippen LogP) is 1.56. The molecule has 0 saturated carbocycles. The fourth-order valence-electron chi connectivity index (χ4n) is 1.79. The molecule has 0 aliphatic heterocycles. The molecule has 0 spiro atoms. The number of benzene rings is 1. The first kappa shape index (κ1) is 12.2. The van der Waals surface area contributed by atoms with Gasteiger partial charge in [0, 0.05) is 23.9 Å². The summed E-state index contributed by atoms with van der Waals surface area (Å²) < 4.78 is 12.2. The van der Waals surface area contributed by atoms with Gasteiger partial charge in [0.15, 0.2) is 17.3 Å². The maximum absolute atomic E-state index is 6.02. The number of ether oxygens (including phenoxy) is 2. The second-order valence-electron chi connectivity index (χ2n) is 3.69. The molecule has 0 atom stereocenters. The number of nitrogen functional groups attached to an aromatic ring is 1. The number of rotatable bonds is 4. The molecular weight excluding hydrogens is 232 g/mol. The normalized spacial score (nSPS) is 10.4. The molecule has 0 unspecified atom stereocenters. The number of aromatic nitrogens is 3. The third kappa shape index (κ3) is 1.97. The maximum Gasteiger partial charge on any atom is 0.162 e. The molecule has 0 aliphatic carbocycles. The average Bonchev–Trinajstić information content (AvgIpc) is 2.86. The highest BCUT2D eigenvalue weighted by atomic mass is 16.5. The fraction of sp³-hybridized carbons (Fsp3) is 0.333. The van der Waals surface area contributed by atoms with Crippen LogP contribution >= 0.6 is 0 Å². The first-order chi connectivity index (χ1) is 8.71. The van der Waals surface area contributed by atoms with Crippen LogP contribution in [0, 0.1) is 0 Å². The smallest absolute Gasteiger partial charge is 0.162 e. The Labute approximate surface area is 105 Å². The molecule has 0 radical (unpaired) electrons. The summed E-state index contributed by atoms with van der Waals surface area (Å²) in [5, 5.41) is 4.13. The Morgan fingerprint density at radius 3 is 2.50 bits per heavy atom. The quantitative estimate of drug-likeness (QED) is 0.831. The van der Waals surface area contributed by atoms with Gasteiger partial charge in [-0.05, 0) is 13.0 Å². The molecule has 0 fully saturated rings. The van der Waals surface area contributed by atoms with Crippen molar-refractivity contribution in [1.29, 1.82) is 0 Å². The van der Waals surface area contributed by atoms with Gasteiger partial charge < -0.3 is 15.2 Å². The van der Waals surface area contributed by atoms with Crippen molar-refractivity contribution in [3.8, 4) is 22.9 Å². The summed E-state index contributed by atoms with van der Waals surface area (Å²) in [4.78, 5) is 4.22. The van der Waals surface area contributed by atoms with Gasteiger partial charge >= 0.3 is 0 Å². The number of anilines is 1. The van der Waals surface area contributed by atoms with Crippen LogP contribution in [0.2, 0.25) is 0 Å². The van der Waals surface area contributed by atoms with E-state index in [0.717, 1.165) is 17.9 Å². The number of hydrogen-bond acceptors (Lipinski definition) is 5. The van der Waals surface area contributed by atoms with Crippen LogP contribution < -0.4 is 15.2 Å². The Bertz CT molecular complexity index is 551. The molecule has 1 aromatic heterocycles. The van der Waals surface area contributed by atoms with Crippen molar-refractivity contribution in [3.63, 3.8) is 0 Å².